The zero-order valence-corrected chi connectivity index (χ0v) is 21.7. The molecule has 10 nitrogen and oxygen atoms in total. The van der Waals surface area contributed by atoms with Crippen LogP contribution in [0.3, 0.4) is 0 Å². The van der Waals surface area contributed by atoms with E-state index in [2.05, 4.69) is 0 Å². The minimum absolute atomic E-state index is 0.0865. The van der Waals surface area contributed by atoms with Crippen LogP contribution in [0.5, 0.6) is 0 Å². The van der Waals surface area contributed by atoms with Gasteiger partial charge in [0.1, 0.15) is 17.8 Å². The van der Waals surface area contributed by atoms with Crippen molar-refractivity contribution in [3.63, 3.8) is 0 Å². The molecule has 0 spiro atoms. The van der Waals surface area contributed by atoms with Gasteiger partial charge in [-0.3, -0.25) is 4.79 Å². The smallest absolute Gasteiger partial charge is 0.330 e. The molecule has 0 aromatic carbocycles. The van der Waals surface area contributed by atoms with E-state index in [1.807, 2.05) is 6.92 Å². The van der Waals surface area contributed by atoms with Gasteiger partial charge in [0.15, 0.2) is 0 Å². The number of hydrogen-bond donors (Lipinski definition) is 5. The summed E-state index contributed by atoms with van der Waals surface area (Å²) in [5.74, 6) is -1.37. The van der Waals surface area contributed by atoms with Crippen LogP contribution >= 0.6 is 0 Å². The average molecular weight is 517 g/mol. The fraction of sp³-hybridized carbons (Fsp3) is 0.846. The molecule has 10 heteroatoms. The third kappa shape index (κ3) is 9.72. The largest absolute Gasteiger partial charge is 0.481 e. The van der Waals surface area contributed by atoms with Crippen LogP contribution in [-0.4, -0.2) is 92.9 Å². The Morgan fingerprint density at radius 3 is 2.36 bits per heavy atom. The molecule has 0 bridgehead atoms. The zero-order valence-electron chi connectivity index (χ0n) is 21.7. The first-order valence-electron chi connectivity index (χ1n) is 13.0. The van der Waals surface area contributed by atoms with Crippen molar-refractivity contribution in [3.05, 3.63) is 11.6 Å². The van der Waals surface area contributed by atoms with E-state index in [4.69, 9.17) is 19.3 Å². The summed E-state index contributed by atoms with van der Waals surface area (Å²) in [4.78, 5) is 22.5. The number of aliphatic carboxylic acids is 1. The number of aliphatic hydroxyl groups excluding tert-OH is 3. The maximum Gasteiger partial charge on any atom is 0.330 e. The van der Waals surface area contributed by atoms with Crippen molar-refractivity contribution >= 4 is 11.9 Å². The molecule has 2 rings (SSSR count). The number of carboxylic acid groups (broad SMARTS) is 1. The highest BCUT2D eigenvalue weighted by Gasteiger charge is 2.54. The summed E-state index contributed by atoms with van der Waals surface area (Å²) in [6, 6.07) is 0. The van der Waals surface area contributed by atoms with Gasteiger partial charge in [0.25, 0.3) is 0 Å². The SMILES string of the molecule is C/C(=C\C(=O)OCCCCCCCCC(=O)O)CC1OCC(O)(CC2OC2C(C)C(C)O)C(O)C1O. The molecule has 0 aromatic heterocycles. The lowest BCUT2D eigenvalue weighted by atomic mass is 9.82. The van der Waals surface area contributed by atoms with Crippen LogP contribution in [0.25, 0.3) is 0 Å². The van der Waals surface area contributed by atoms with Gasteiger partial charge in [0.05, 0.1) is 37.6 Å². The lowest BCUT2D eigenvalue weighted by Crippen LogP contribution is -2.61. The van der Waals surface area contributed by atoms with Crippen LogP contribution in [0.15, 0.2) is 11.6 Å². The van der Waals surface area contributed by atoms with Gasteiger partial charge in [0.2, 0.25) is 0 Å². The van der Waals surface area contributed by atoms with E-state index in [1.54, 1.807) is 13.8 Å². The predicted octanol–water partition coefficient (Wildman–Crippen LogP) is 1.71. The topological polar surface area (TPSA) is 166 Å². The molecule has 2 fully saturated rings. The van der Waals surface area contributed by atoms with Gasteiger partial charge in [-0.25, -0.2) is 4.79 Å². The van der Waals surface area contributed by atoms with Gasteiger partial charge < -0.3 is 39.7 Å². The molecular weight excluding hydrogens is 472 g/mol. The first-order chi connectivity index (χ1) is 16.9. The first kappa shape index (κ1) is 30.7. The van der Waals surface area contributed by atoms with Crippen molar-refractivity contribution in [1.29, 1.82) is 0 Å². The van der Waals surface area contributed by atoms with Crippen molar-refractivity contribution in [1.82, 2.24) is 0 Å². The Labute approximate surface area is 213 Å². The summed E-state index contributed by atoms with van der Waals surface area (Å²) in [6.07, 6.45) is 2.29. The number of esters is 1. The number of unbranched alkanes of at least 4 members (excludes halogenated alkanes) is 5. The lowest BCUT2D eigenvalue weighted by molar-refractivity contribution is -0.236. The van der Waals surface area contributed by atoms with Crippen molar-refractivity contribution in [2.75, 3.05) is 13.2 Å². The van der Waals surface area contributed by atoms with Crippen LogP contribution in [0.2, 0.25) is 0 Å². The molecule has 208 valence electrons. The summed E-state index contributed by atoms with van der Waals surface area (Å²) < 4.78 is 16.5. The third-order valence-electron chi connectivity index (χ3n) is 7.17. The number of epoxide rings is 1. The highest BCUT2D eigenvalue weighted by molar-refractivity contribution is 5.82. The van der Waals surface area contributed by atoms with Crippen molar-refractivity contribution in [3.8, 4) is 0 Å². The average Bonchev–Trinajstić information content (AvgIpc) is 3.56. The lowest BCUT2D eigenvalue weighted by Gasteiger charge is -2.43. The molecular formula is C26H44O10. The number of ether oxygens (including phenoxy) is 3. The quantitative estimate of drug-likeness (QED) is 0.0882. The second kappa shape index (κ2) is 14.4. The van der Waals surface area contributed by atoms with Crippen molar-refractivity contribution in [2.45, 2.75) is 121 Å². The van der Waals surface area contributed by atoms with Gasteiger partial charge in [-0.05, 0) is 33.1 Å². The van der Waals surface area contributed by atoms with Crippen LogP contribution in [0, 0.1) is 5.92 Å². The third-order valence-corrected chi connectivity index (χ3v) is 7.17. The maximum absolute atomic E-state index is 12.1. The van der Waals surface area contributed by atoms with Gasteiger partial charge in [-0.15, -0.1) is 0 Å². The minimum Gasteiger partial charge on any atom is -0.481 e. The summed E-state index contributed by atoms with van der Waals surface area (Å²) in [5, 5.41) is 50.4. The second-order valence-corrected chi connectivity index (χ2v) is 10.5. The summed E-state index contributed by atoms with van der Waals surface area (Å²) in [5.41, 5.74) is -1.04. The Morgan fingerprint density at radius 1 is 1.08 bits per heavy atom. The molecule has 8 unspecified atom stereocenters. The summed E-state index contributed by atoms with van der Waals surface area (Å²) >= 11 is 0. The Kier molecular flexibility index (Phi) is 12.3. The predicted molar refractivity (Wildman–Crippen MR) is 130 cm³/mol. The van der Waals surface area contributed by atoms with Crippen molar-refractivity contribution < 1.29 is 49.3 Å². The molecule has 2 aliphatic heterocycles. The van der Waals surface area contributed by atoms with Gasteiger partial charge >= 0.3 is 11.9 Å². The number of rotatable bonds is 16. The molecule has 2 saturated heterocycles. The fourth-order valence-corrected chi connectivity index (χ4v) is 4.60. The Hall–Kier alpha value is -1.56. The Bertz CT molecular complexity index is 738. The summed E-state index contributed by atoms with van der Waals surface area (Å²) in [7, 11) is 0. The maximum atomic E-state index is 12.1. The van der Waals surface area contributed by atoms with E-state index in [1.165, 1.54) is 6.08 Å². The van der Waals surface area contributed by atoms with Gasteiger partial charge in [-0.2, -0.15) is 0 Å². The number of carbonyl (C=O) groups excluding carboxylic acids is 1. The zero-order chi connectivity index (χ0) is 26.9. The van der Waals surface area contributed by atoms with Crippen LogP contribution in [0.4, 0.5) is 0 Å². The van der Waals surface area contributed by atoms with Crippen LogP contribution in [0.1, 0.15) is 78.6 Å². The van der Waals surface area contributed by atoms with E-state index in [-0.39, 0.29) is 44.0 Å². The fourth-order valence-electron chi connectivity index (χ4n) is 4.60. The molecule has 36 heavy (non-hydrogen) atoms. The number of aliphatic hydroxyl groups is 4. The van der Waals surface area contributed by atoms with Gasteiger partial charge in [0, 0.05) is 24.8 Å². The Balaban J connectivity index is 1.67. The van der Waals surface area contributed by atoms with Crippen molar-refractivity contribution in [2.24, 2.45) is 5.92 Å². The van der Waals surface area contributed by atoms with Crippen LogP contribution in [-0.2, 0) is 23.8 Å². The number of carboxylic acids is 1. The van der Waals surface area contributed by atoms with E-state index < -0.39 is 42.0 Å². The molecule has 8 atom stereocenters. The van der Waals surface area contributed by atoms with E-state index >= 15 is 0 Å². The number of carbonyl (C=O) groups is 2. The molecule has 0 amide bonds. The molecule has 0 saturated carbocycles. The van der Waals surface area contributed by atoms with Gasteiger partial charge in [-0.1, -0.05) is 38.2 Å². The molecule has 0 aliphatic carbocycles. The first-order valence-corrected chi connectivity index (χ1v) is 13.0. The normalized spacial score (nSPS) is 32.1. The number of hydrogen-bond acceptors (Lipinski definition) is 9. The molecule has 2 heterocycles. The van der Waals surface area contributed by atoms with E-state index in [0.29, 0.717) is 18.6 Å². The minimum atomic E-state index is -1.67. The monoisotopic (exact) mass is 516 g/mol. The Morgan fingerprint density at radius 2 is 1.72 bits per heavy atom. The summed E-state index contributed by atoms with van der Waals surface area (Å²) in [6.45, 7) is 5.35. The highest BCUT2D eigenvalue weighted by Crippen LogP contribution is 2.40. The second-order valence-electron chi connectivity index (χ2n) is 10.5. The van der Waals surface area contributed by atoms with Crippen LogP contribution < -0.4 is 0 Å². The van der Waals surface area contributed by atoms with E-state index in [0.717, 1.165) is 32.1 Å². The molecule has 5 N–H and O–H groups in total. The highest BCUT2D eigenvalue weighted by atomic mass is 16.6. The molecule has 0 radical (unpaired) electrons. The van der Waals surface area contributed by atoms with E-state index in [9.17, 15) is 30.0 Å². The molecule has 0 aromatic rings. The standard InChI is InChI=1S/C26H44O10/c1-16(13-22(30)34-11-9-7-5-4-6-8-10-21(28)29)12-19-23(31)25(32)26(33,15-35-19)14-20-24(36-20)17(2)18(3)27/h13,17-20,23-25,27,31-33H,4-12,14-15H2,1-3H3,(H,28,29)/b16-13+. The molecule has 2 aliphatic rings.